The molecule has 0 amide bonds. The van der Waals surface area contributed by atoms with Gasteiger partial charge in [-0.05, 0) is 206 Å². The second kappa shape index (κ2) is 21.3. The van der Waals surface area contributed by atoms with E-state index in [-0.39, 0.29) is 0 Å². The molecule has 0 N–H and O–H groups in total. The SMILES string of the molecule is c1ccc(N2c3cccc(c3)N3c4cccc(c4)N(c4ccccc4)c4cccc(c4)N(c4cccc2c4)c2cc3c3ccc4c5cc(c6ccc2c3c46)N2c3cccc(c3)N(c3ccccc3)c3cccc(c3)N5c3cccc(c3)N(c3ccccc3)c3cccc2c3)cc1. The van der Waals surface area contributed by atoms with E-state index in [1.807, 2.05) is 0 Å². The van der Waals surface area contributed by atoms with E-state index in [2.05, 4.69) is 391 Å². The Morgan fingerprint density at radius 2 is 0.260 bits per heavy atom. The van der Waals surface area contributed by atoms with Crippen LogP contribution in [0.4, 0.5) is 136 Å². The molecule has 16 aromatic carbocycles. The molecule has 0 saturated heterocycles. The highest BCUT2D eigenvalue weighted by Gasteiger charge is 2.33. The summed E-state index contributed by atoms with van der Waals surface area (Å²) in [5.41, 5.74) is 24.9. The fraction of sp³-hybridized carbons (Fsp3) is 0. The van der Waals surface area contributed by atoms with E-state index in [9.17, 15) is 0 Å². The molecule has 20 rings (SSSR count). The summed E-state index contributed by atoms with van der Waals surface area (Å²) in [5, 5.41) is 6.80. The molecule has 8 nitrogen and oxygen atoms in total. The van der Waals surface area contributed by atoms with Gasteiger partial charge in [-0.2, -0.15) is 0 Å². The van der Waals surface area contributed by atoms with E-state index in [4.69, 9.17) is 0 Å². The van der Waals surface area contributed by atoms with Gasteiger partial charge in [-0.3, -0.25) is 0 Å². The first-order chi connectivity index (χ1) is 47.6. The molecule has 0 atom stereocenters. The number of hydrogen-bond acceptors (Lipinski definition) is 8. The highest BCUT2D eigenvalue weighted by atomic mass is 15.2. The minimum Gasteiger partial charge on any atom is -0.310 e. The number of fused-ring (bicyclic) bond motifs is 24. The van der Waals surface area contributed by atoms with Crippen LogP contribution in [0.2, 0.25) is 0 Å². The van der Waals surface area contributed by atoms with E-state index in [0.29, 0.717) is 0 Å². The van der Waals surface area contributed by atoms with Crippen molar-refractivity contribution in [3.05, 3.63) is 352 Å². The maximum Gasteiger partial charge on any atom is 0.0561 e. The third-order valence-electron chi connectivity index (χ3n) is 19.6. The zero-order chi connectivity index (χ0) is 63.0. The average Bonchev–Trinajstić information content (AvgIpc) is 0.698. The lowest BCUT2D eigenvalue weighted by atomic mass is 9.89. The van der Waals surface area contributed by atoms with E-state index in [1.54, 1.807) is 0 Å². The van der Waals surface area contributed by atoms with Gasteiger partial charge < -0.3 is 39.2 Å². The first-order valence-electron chi connectivity index (χ1n) is 32.8. The van der Waals surface area contributed by atoms with Crippen LogP contribution in [-0.2, 0) is 0 Å². The van der Waals surface area contributed by atoms with Gasteiger partial charge in [0.2, 0.25) is 0 Å². The number of hydrogen-bond donors (Lipinski definition) is 0. The molecule has 0 aliphatic carbocycles. The van der Waals surface area contributed by atoms with Gasteiger partial charge in [0.1, 0.15) is 0 Å². The Morgan fingerprint density at radius 1 is 0.115 bits per heavy atom. The molecule has 0 saturated carbocycles. The van der Waals surface area contributed by atoms with Gasteiger partial charge in [0.05, 0.1) is 22.7 Å². The zero-order valence-corrected chi connectivity index (χ0v) is 52.1. The molecule has 16 aromatic rings. The maximum atomic E-state index is 2.52. The molecule has 450 valence electrons. The van der Waals surface area contributed by atoms with Gasteiger partial charge in [-0.25, -0.2) is 0 Å². The Hall–Kier alpha value is -13.0. The molecule has 96 heavy (non-hydrogen) atoms. The third-order valence-corrected chi connectivity index (χ3v) is 19.6. The molecule has 0 spiro atoms. The van der Waals surface area contributed by atoms with E-state index in [0.717, 1.165) is 169 Å². The quantitative estimate of drug-likeness (QED) is 0.161. The van der Waals surface area contributed by atoms with E-state index < -0.39 is 0 Å². The van der Waals surface area contributed by atoms with Crippen LogP contribution in [0, 0.1) is 0 Å². The summed E-state index contributed by atoms with van der Waals surface area (Å²) >= 11 is 0. The van der Waals surface area contributed by atoms with Crippen LogP contribution in [-0.4, -0.2) is 0 Å². The van der Waals surface area contributed by atoms with Crippen molar-refractivity contribution < 1.29 is 0 Å². The molecule has 0 fully saturated rings. The monoisotopic (exact) mass is 1230 g/mol. The van der Waals surface area contributed by atoms with Crippen LogP contribution in [0.1, 0.15) is 0 Å². The van der Waals surface area contributed by atoms with Crippen LogP contribution >= 0.6 is 0 Å². The number of nitrogens with zero attached hydrogens (tertiary/aromatic N) is 8. The van der Waals surface area contributed by atoms with Crippen molar-refractivity contribution in [2.75, 3.05) is 39.2 Å². The highest BCUT2D eigenvalue weighted by molar-refractivity contribution is 6.33. The predicted molar refractivity (Wildman–Crippen MR) is 402 cm³/mol. The van der Waals surface area contributed by atoms with Crippen molar-refractivity contribution in [2.45, 2.75) is 0 Å². The first kappa shape index (κ1) is 53.6. The van der Waals surface area contributed by atoms with Crippen LogP contribution in [0.25, 0.3) is 32.3 Å². The number of para-hydroxylation sites is 4. The van der Waals surface area contributed by atoms with Crippen molar-refractivity contribution in [1.82, 2.24) is 0 Å². The van der Waals surface area contributed by atoms with Gasteiger partial charge in [0.15, 0.2) is 0 Å². The van der Waals surface area contributed by atoms with Gasteiger partial charge in [-0.15, -0.1) is 0 Å². The molecule has 0 unspecified atom stereocenters. The number of rotatable bonds is 4. The van der Waals surface area contributed by atoms with E-state index in [1.165, 1.54) is 0 Å². The first-order valence-corrected chi connectivity index (χ1v) is 32.8. The topological polar surface area (TPSA) is 25.9 Å². The second-order valence-corrected chi connectivity index (χ2v) is 25.1. The van der Waals surface area contributed by atoms with Crippen molar-refractivity contribution in [1.29, 1.82) is 0 Å². The van der Waals surface area contributed by atoms with Gasteiger partial charge in [0, 0.05) is 146 Å². The third kappa shape index (κ3) is 8.35. The Kier molecular flexibility index (Phi) is 11.9. The largest absolute Gasteiger partial charge is 0.310 e. The van der Waals surface area contributed by atoms with Gasteiger partial charge in [0.25, 0.3) is 0 Å². The van der Waals surface area contributed by atoms with Gasteiger partial charge >= 0.3 is 0 Å². The van der Waals surface area contributed by atoms with Crippen LogP contribution in [0.3, 0.4) is 0 Å². The smallest absolute Gasteiger partial charge is 0.0561 e. The zero-order valence-electron chi connectivity index (χ0n) is 52.1. The maximum absolute atomic E-state index is 2.52. The fourth-order valence-corrected chi connectivity index (χ4v) is 15.6. The molecule has 0 aromatic heterocycles. The summed E-state index contributed by atoms with van der Waals surface area (Å²) in [5.74, 6) is 0. The lowest BCUT2D eigenvalue weighted by molar-refractivity contribution is 1.21. The van der Waals surface area contributed by atoms with Crippen LogP contribution in [0.5, 0.6) is 0 Å². The Morgan fingerprint density at radius 3 is 0.427 bits per heavy atom. The minimum atomic E-state index is 1.02. The summed E-state index contributed by atoms with van der Waals surface area (Å²) in [7, 11) is 0. The van der Waals surface area contributed by atoms with Crippen molar-refractivity contribution in [2.24, 2.45) is 0 Å². The second-order valence-electron chi connectivity index (χ2n) is 25.1. The fourth-order valence-electron chi connectivity index (χ4n) is 15.6. The molecule has 4 aliphatic heterocycles. The van der Waals surface area contributed by atoms with Crippen LogP contribution < -0.4 is 39.2 Å². The van der Waals surface area contributed by atoms with E-state index >= 15 is 0 Å². The molecule has 8 heteroatoms. The molecule has 0 radical (unpaired) electrons. The van der Waals surface area contributed by atoms with Crippen LogP contribution in [0.15, 0.2) is 352 Å². The molecule has 24 bridgehead atoms. The van der Waals surface area contributed by atoms with Gasteiger partial charge in [-0.1, -0.05) is 146 Å². The van der Waals surface area contributed by atoms with Crippen molar-refractivity contribution in [3.63, 3.8) is 0 Å². The molecule has 4 heterocycles. The van der Waals surface area contributed by atoms with Crippen molar-refractivity contribution in [3.8, 4) is 0 Å². The number of anilines is 24. The minimum absolute atomic E-state index is 1.02. The molecular formula is C88H58N8. The molecular weight excluding hydrogens is 1170 g/mol. The summed E-state index contributed by atoms with van der Waals surface area (Å²) in [6.45, 7) is 0. The normalized spacial score (nSPS) is 13.5. The summed E-state index contributed by atoms with van der Waals surface area (Å²) in [6.07, 6.45) is 0. The Bertz CT molecular complexity index is 4850. The number of benzene rings is 16. The Labute approximate surface area is 556 Å². The summed E-state index contributed by atoms with van der Waals surface area (Å²) in [6, 6.07) is 131. The highest BCUT2D eigenvalue weighted by Crippen LogP contribution is 2.58. The predicted octanol–water partition coefficient (Wildman–Crippen LogP) is 25.6. The summed E-state index contributed by atoms with van der Waals surface area (Å²) < 4.78 is 0. The molecule has 4 aliphatic rings. The Balaban J connectivity index is 0.958. The average molecular weight is 1230 g/mol. The standard InChI is InChI=1S/C88H58N8/c1-5-21-59(22-6-1)89-63-29-13-37-71(49-63)93-73-39-15-31-65(51-73)90(60-23-7-2-8-24-60)66-32-16-40-74(52-66)94(72-38-14-30-64(89)50-72)84-57-83(93)79-45-47-81-85-58-86(82-48-46-80(84)87(79)88(81)82)96-76-42-18-34-68(54-76)91(61-25-9-3-10-26-61)67-33-17-41-75(53-67)95(85)77-43-19-35-69(55-77)92(62-27-11-4-12-28-62)70-36-20-44-78(96)56-70/h1-58H. The van der Waals surface area contributed by atoms with Crippen molar-refractivity contribution >= 4 is 169 Å². The summed E-state index contributed by atoms with van der Waals surface area (Å²) in [4.78, 5) is 19.6. The lowest BCUT2D eigenvalue weighted by Gasteiger charge is -2.37. The lowest BCUT2D eigenvalue weighted by Crippen LogP contribution is -2.19.